The van der Waals surface area contributed by atoms with E-state index in [0.29, 0.717) is 18.0 Å². The molecule has 6 heteroatoms. The predicted molar refractivity (Wildman–Crippen MR) is 69.6 cm³/mol. The summed E-state index contributed by atoms with van der Waals surface area (Å²) in [6.07, 6.45) is 9.18. The molecular formula is C13H17N5O. The SMILES string of the molecule is Cn1cc(C(=O)NC[C@H]2CCn3ccnc3C2)cn1. The normalized spacial score (nSPS) is 18.1. The van der Waals surface area contributed by atoms with Gasteiger partial charge in [0.25, 0.3) is 5.91 Å². The number of aromatic nitrogens is 4. The van der Waals surface area contributed by atoms with Crippen molar-refractivity contribution in [3.63, 3.8) is 0 Å². The Morgan fingerprint density at radius 2 is 2.47 bits per heavy atom. The van der Waals surface area contributed by atoms with E-state index in [2.05, 4.69) is 20.0 Å². The number of nitrogens with one attached hydrogen (secondary N) is 1. The van der Waals surface area contributed by atoms with Crippen molar-refractivity contribution in [2.45, 2.75) is 19.4 Å². The van der Waals surface area contributed by atoms with E-state index >= 15 is 0 Å². The molecule has 19 heavy (non-hydrogen) atoms. The second kappa shape index (κ2) is 4.87. The first-order chi connectivity index (χ1) is 9.22. The van der Waals surface area contributed by atoms with Gasteiger partial charge in [0, 0.05) is 45.1 Å². The van der Waals surface area contributed by atoms with E-state index in [0.717, 1.165) is 25.2 Å². The molecule has 0 spiro atoms. The summed E-state index contributed by atoms with van der Waals surface area (Å²) in [5.41, 5.74) is 0.611. The minimum absolute atomic E-state index is 0.0537. The van der Waals surface area contributed by atoms with Crippen LogP contribution in [0.5, 0.6) is 0 Å². The van der Waals surface area contributed by atoms with Gasteiger partial charge in [-0.25, -0.2) is 4.98 Å². The lowest BCUT2D eigenvalue weighted by molar-refractivity contribution is 0.0944. The van der Waals surface area contributed by atoms with Gasteiger partial charge in [0.2, 0.25) is 0 Å². The van der Waals surface area contributed by atoms with Crippen molar-refractivity contribution in [3.8, 4) is 0 Å². The summed E-state index contributed by atoms with van der Waals surface area (Å²) in [7, 11) is 1.80. The Hall–Kier alpha value is -2.11. The van der Waals surface area contributed by atoms with Gasteiger partial charge in [-0.2, -0.15) is 5.10 Å². The van der Waals surface area contributed by atoms with E-state index in [1.165, 1.54) is 0 Å². The van der Waals surface area contributed by atoms with Gasteiger partial charge in [-0.05, 0) is 12.3 Å². The van der Waals surface area contributed by atoms with Crippen LogP contribution in [0.1, 0.15) is 22.6 Å². The highest BCUT2D eigenvalue weighted by Gasteiger charge is 2.20. The lowest BCUT2D eigenvalue weighted by atomic mass is 9.98. The maximum absolute atomic E-state index is 11.9. The van der Waals surface area contributed by atoms with Crippen molar-refractivity contribution >= 4 is 5.91 Å². The van der Waals surface area contributed by atoms with Crippen LogP contribution in [-0.2, 0) is 20.0 Å². The number of aryl methyl sites for hydroxylation is 2. The number of hydrogen-bond acceptors (Lipinski definition) is 3. The second-order valence-corrected chi connectivity index (χ2v) is 5.01. The summed E-state index contributed by atoms with van der Waals surface area (Å²) in [6, 6.07) is 0. The Morgan fingerprint density at radius 3 is 3.26 bits per heavy atom. The fourth-order valence-electron chi connectivity index (χ4n) is 2.47. The van der Waals surface area contributed by atoms with Crippen LogP contribution in [0.15, 0.2) is 24.8 Å². The predicted octanol–water partition coefficient (Wildman–Crippen LogP) is 0.609. The van der Waals surface area contributed by atoms with E-state index in [1.54, 1.807) is 24.1 Å². The first-order valence-electron chi connectivity index (χ1n) is 6.49. The fourth-order valence-corrected chi connectivity index (χ4v) is 2.47. The van der Waals surface area contributed by atoms with Gasteiger partial charge in [0.1, 0.15) is 5.82 Å². The molecule has 0 fully saturated rings. The van der Waals surface area contributed by atoms with Gasteiger partial charge >= 0.3 is 0 Å². The van der Waals surface area contributed by atoms with Crippen LogP contribution in [0.2, 0.25) is 0 Å². The fraction of sp³-hybridized carbons (Fsp3) is 0.462. The Bertz CT molecular complexity index is 585. The Labute approximate surface area is 111 Å². The molecule has 1 amide bonds. The summed E-state index contributed by atoms with van der Waals surface area (Å²) in [5, 5.41) is 6.97. The molecule has 0 aromatic carbocycles. The third-order valence-electron chi connectivity index (χ3n) is 3.57. The number of carbonyl (C=O) groups is 1. The van der Waals surface area contributed by atoms with Gasteiger partial charge < -0.3 is 9.88 Å². The lowest BCUT2D eigenvalue weighted by Gasteiger charge is -2.23. The zero-order chi connectivity index (χ0) is 13.2. The number of imidazole rings is 1. The molecule has 0 saturated carbocycles. The summed E-state index contributed by atoms with van der Waals surface area (Å²) in [4.78, 5) is 16.2. The molecule has 0 aliphatic carbocycles. The van der Waals surface area contributed by atoms with Crippen LogP contribution in [0.3, 0.4) is 0 Å². The molecule has 1 atom stereocenters. The number of rotatable bonds is 3. The van der Waals surface area contributed by atoms with E-state index in [4.69, 9.17) is 0 Å². The molecule has 0 radical (unpaired) electrons. The molecule has 6 nitrogen and oxygen atoms in total. The van der Waals surface area contributed by atoms with Crippen molar-refractivity contribution in [1.82, 2.24) is 24.6 Å². The maximum atomic E-state index is 11.9. The molecular weight excluding hydrogens is 242 g/mol. The largest absolute Gasteiger partial charge is 0.352 e. The molecule has 0 saturated heterocycles. The van der Waals surface area contributed by atoms with Crippen LogP contribution < -0.4 is 5.32 Å². The quantitative estimate of drug-likeness (QED) is 0.878. The van der Waals surface area contributed by atoms with Gasteiger partial charge in [-0.3, -0.25) is 9.48 Å². The molecule has 3 heterocycles. The second-order valence-electron chi connectivity index (χ2n) is 5.01. The number of nitrogens with zero attached hydrogens (tertiary/aromatic N) is 4. The lowest BCUT2D eigenvalue weighted by Crippen LogP contribution is -2.33. The molecule has 0 bridgehead atoms. The van der Waals surface area contributed by atoms with Gasteiger partial charge in [0.05, 0.1) is 11.8 Å². The zero-order valence-corrected chi connectivity index (χ0v) is 10.9. The molecule has 1 aliphatic heterocycles. The summed E-state index contributed by atoms with van der Waals surface area (Å²) in [5.74, 6) is 1.53. The van der Waals surface area contributed by atoms with Gasteiger partial charge in [-0.1, -0.05) is 0 Å². The zero-order valence-electron chi connectivity index (χ0n) is 10.9. The van der Waals surface area contributed by atoms with Crippen LogP contribution >= 0.6 is 0 Å². The van der Waals surface area contributed by atoms with Crippen molar-refractivity contribution in [2.24, 2.45) is 13.0 Å². The maximum Gasteiger partial charge on any atom is 0.254 e. The third-order valence-corrected chi connectivity index (χ3v) is 3.57. The molecule has 2 aromatic heterocycles. The molecule has 100 valence electrons. The first kappa shape index (κ1) is 12.0. The first-order valence-corrected chi connectivity index (χ1v) is 6.49. The summed E-state index contributed by atoms with van der Waals surface area (Å²) >= 11 is 0. The summed E-state index contributed by atoms with van der Waals surface area (Å²) in [6.45, 7) is 1.68. The van der Waals surface area contributed by atoms with Gasteiger partial charge in [0.15, 0.2) is 0 Å². The number of carbonyl (C=O) groups excluding carboxylic acids is 1. The monoisotopic (exact) mass is 259 g/mol. The number of amides is 1. The van der Waals surface area contributed by atoms with E-state index in [-0.39, 0.29) is 5.91 Å². The van der Waals surface area contributed by atoms with E-state index in [1.807, 2.05) is 12.4 Å². The Balaban J connectivity index is 1.55. The molecule has 0 unspecified atom stereocenters. The topological polar surface area (TPSA) is 64.7 Å². The average molecular weight is 259 g/mol. The highest BCUT2D eigenvalue weighted by atomic mass is 16.1. The molecule has 1 N–H and O–H groups in total. The van der Waals surface area contributed by atoms with Gasteiger partial charge in [-0.15, -0.1) is 0 Å². The highest BCUT2D eigenvalue weighted by molar-refractivity contribution is 5.93. The highest BCUT2D eigenvalue weighted by Crippen LogP contribution is 2.18. The van der Waals surface area contributed by atoms with Crippen molar-refractivity contribution in [1.29, 1.82) is 0 Å². The summed E-state index contributed by atoms with van der Waals surface area (Å²) < 4.78 is 3.81. The average Bonchev–Trinajstić information content (AvgIpc) is 3.03. The molecule has 1 aliphatic rings. The standard InChI is InChI=1S/C13H17N5O/c1-17-9-11(8-16-17)13(19)15-7-10-2-4-18-5-3-14-12(18)6-10/h3,5,8-10H,2,4,6-7H2,1H3,(H,15,19)/t10-/m0/s1. The molecule has 3 rings (SSSR count). The van der Waals surface area contributed by atoms with Crippen molar-refractivity contribution < 1.29 is 4.79 Å². The minimum atomic E-state index is -0.0537. The van der Waals surface area contributed by atoms with Crippen LogP contribution in [-0.4, -0.2) is 31.8 Å². The van der Waals surface area contributed by atoms with E-state index in [9.17, 15) is 4.79 Å². The van der Waals surface area contributed by atoms with Crippen molar-refractivity contribution in [2.75, 3.05) is 6.54 Å². The minimum Gasteiger partial charge on any atom is -0.352 e. The number of fused-ring (bicyclic) bond motifs is 1. The Morgan fingerprint density at radius 1 is 1.58 bits per heavy atom. The molecule has 2 aromatic rings. The van der Waals surface area contributed by atoms with Crippen LogP contribution in [0.25, 0.3) is 0 Å². The van der Waals surface area contributed by atoms with Crippen molar-refractivity contribution in [3.05, 3.63) is 36.2 Å². The number of hydrogen-bond donors (Lipinski definition) is 1. The Kier molecular flexibility index (Phi) is 3.06. The van der Waals surface area contributed by atoms with E-state index < -0.39 is 0 Å². The third kappa shape index (κ3) is 2.52. The smallest absolute Gasteiger partial charge is 0.254 e. The van der Waals surface area contributed by atoms with Crippen LogP contribution in [0.4, 0.5) is 0 Å². The van der Waals surface area contributed by atoms with Crippen LogP contribution in [0, 0.1) is 5.92 Å².